The molecule has 2 amide bonds. The summed E-state index contributed by atoms with van der Waals surface area (Å²) in [5.41, 5.74) is 19.4. The predicted octanol–water partition coefficient (Wildman–Crippen LogP) is 2.53. The van der Waals surface area contributed by atoms with E-state index in [0.717, 1.165) is 47.5 Å². The Hall–Kier alpha value is -4.68. The Morgan fingerprint density at radius 2 is 1.05 bits per heavy atom. The first kappa shape index (κ1) is 32.2. The third kappa shape index (κ3) is 7.09. The summed E-state index contributed by atoms with van der Waals surface area (Å²) in [5.74, 6) is -4.38. The molecule has 12 nitrogen and oxygen atoms in total. The third-order valence-electron chi connectivity index (χ3n) is 8.54. The number of nitrogens with one attached hydrogen (secondary N) is 2. The van der Waals surface area contributed by atoms with E-state index in [2.05, 4.69) is 48.0 Å². The average Bonchev–Trinajstić information content (AvgIpc) is 3.54. The van der Waals surface area contributed by atoms with Crippen LogP contribution in [0.1, 0.15) is 56.1 Å². The number of carboxylic acids is 2. The van der Waals surface area contributed by atoms with E-state index in [9.17, 15) is 9.59 Å². The molecule has 0 aliphatic heterocycles. The van der Waals surface area contributed by atoms with Crippen molar-refractivity contribution >= 4 is 45.6 Å². The normalized spacial score (nSPS) is 17.2. The number of carboxylic acid groups (broad SMARTS) is 2. The van der Waals surface area contributed by atoms with Crippen LogP contribution in [0, 0.1) is 0 Å². The summed E-state index contributed by atoms with van der Waals surface area (Å²) in [6, 6.07) is 12.5. The van der Waals surface area contributed by atoms with Gasteiger partial charge >= 0.3 is 11.9 Å². The van der Waals surface area contributed by atoms with Gasteiger partial charge in [-0.3, -0.25) is 9.59 Å². The zero-order valence-corrected chi connectivity index (χ0v) is 25.4. The largest absolute Gasteiger partial charge is 0.473 e. The lowest BCUT2D eigenvalue weighted by molar-refractivity contribution is -0.159. The first-order valence-corrected chi connectivity index (χ1v) is 14.4. The highest BCUT2D eigenvalue weighted by molar-refractivity contribution is 6.27. The highest BCUT2D eigenvalue weighted by Gasteiger charge is 2.25. The minimum Gasteiger partial charge on any atom is -0.473 e. The van der Waals surface area contributed by atoms with E-state index in [4.69, 9.17) is 31.3 Å². The maximum absolute atomic E-state index is 11.3. The predicted molar refractivity (Wildman–Crippen MR) is 168 cm³/mol. The number of nitrogens with zero attached hydrogens (tertiary/aromatic N) is 2. The van der Waals surface area contributed by atoms with Crippen molar-refractivity contribution < 1.29 is 29.4 Å². The van der Waals surface area contributed by atoms with Crippen LogP contribution in [0.25, 0.3) is 21.8 Å². The zero-order chi connectivity index (χ0) is 32.3. The molecule has 0 spiro atoms. The van der Waals surface area contributed by atoms with Gasteiger partial charge in [0.25, 0.3) is 0 Å². The molecule has 2 atom stereocenters. The van der Waals surface area contributed by atoms with Gasteiger partial charge in [-0.05, 0) is 114 Å². The molecule has 234 valence electrons. The van der Waals surface area contributed by atoms with Crippen molar-refractivity contribution in [1.82, 2.24) is 19.8 Å². The first-order chi connectivity index (χ1) is 20.8. The van der Waals surface area contributed by atoms with Gasteiger partial charge in [0.1, 0.15) is 0 Å². The molecule has 2 aromatic heterocycles. The van der Waals surface area contributed by atoms with Crippen LogP contribution in [-0.4, -0.2) is 94.0 Å². The van der Waals surface area contributed by atoms with E-state index < -0.39 is 11.9 Å². The van der Waals surface area contributed by atoms with E-state index in [-0.39, 0.29) is 11.8 Å². The smallest absolute Gasteiger partial charge is 0.414 e. The van der Waals surface area contributed by atoms with Crippen molar-refractivity contribution in [3.05, 3.63) is 70.0 Å². The molecule has 0 bridgehead atoms. The van der Waals surface area contributed by atoms with E-state index >= 15 is 0 Å². The van der Waals surface area contributed by atoms with E-state index in [1.165, 1.54) is 35.4 Å². The number of nitrogens with two attached hydrogens (primary N) is 2. The standard InChI is InChI=1S/2C15H19N3O.C2H2O4/c2*1-18(2)10-4-6-14-12(8-10)11-7-9(15(16)19)3-5-13(11)17-14;3-1(4)2(5)6/h2*3,5,7,10,17H,4,6,8H2,1-2H3,(H2,16,19);(H,3,4)(H,5,6). The van der Waals surface area contributed by atoms with Gasteiger partial charge < -0.3 is 41.4 Å². The van der Waals surface area contributed by atoms with Crippen molar-refractivity contribution in [2.75, 3.05) is 28.2 Å². The van der Waals surface area contributed by atoms with Crippen molar-refractivity contribution in [3.8, 4) is 0 Å². The van der Waals surface area contributed by atoms with Crippen molar-refractivity contribution in [1.29, 1.82) is 0 Å². The van der Waals surface area contributed by atoms with E-state index in [0.29, 0.717) is 23.2 Å². The Morgan fingerprint density at radius 3 is 1.34 bits per heavy atom. The van der Waals surface area contributed by atoms with Crippen LogP contribution >= 0.6 is 0 Å². The highest BCUT2D eigenvalue weighted by Crippen LogP contribution is 2.32. The summed E-state index contributed by atoms with van der Waals surface area (Å²) in [6.45, 7) is 0. The molecule has 0 saturated carbocycles. The van der Waals surface area contributed by atoms with Gasteiger partial charge in [0.2, 0.25) is 11.8 Å². The number of hydrogen-bond donors (Lipinski definition) is 6. The van der Waals surface area contributed by atoms with Gasteiger partial charge in [0.15, 0.2) is 0 Å². The molecule has 0 radical (unpaired) electrons. The number of benzene rings is 2. The van der Waals surface area contributed by atoms with Gasteiger partial charge in [-0.2, -0.15) is 0 Å². The van der Waals surface area contributed by atoms with Gasteiger partial charge in [-0.1, -0.05) is 0 Å². The van der Waals surface area contributed by atoms with Gasteiger partial charge in [0, 0.05) is 56.4 Å². The van der Waals surface area contributed by atoms with Crippen molar-refractivity contribution in [3.63, 3.8) is 0 Å². The highest BCUT2D eigenvalue weighted by atomic mass is 16.4. The van der Waals surface area contributed by atoms with Crippen LogP contribution in [0.4, 0.5) is 0 Å². The number of aliphatic carboxylic acids is 2. The molecule has 12 heteroatoms. The maximum atomic E-state index is 11.3. The molecule has 2 heterocycles. The Kier molecular flexibility index (Phi) is 9.75. The molecule has 0 saturated heterocycles. The van der Waals surface area contributed by atoms with Crippen LogP contribution in [0.15, 0.2) is 36.4 Å². The number of likely N-dealkylation sites (N-methyl/N-ethyl adjacent to an activating group) is 2. The Balaban J connectivity index is 0.000000170. The van der Waals surface area contributed by atoms with Crippen LogP contribution in [0.2, 0.25) is 0 Å². The molecular weight excluding hydrogens is 564 g/mol. The summed E-state index contributed by atoms with van der Waals surface area (Å²) in [5, 5.41) is 17.1. The quantitative estimate of drug-likeness (QED) is 0.191. The number of fused-ring (bicyclic) bond motifs is 6. The lowest BCUT2D eigenvalue weighted by atomic mass is 9.90. The first-order valence-electron chi connectivity index (χ1n) is 14.4. The summed E-state index contributed by atoms with van der Waals surface area (Å²) in [4.78, 5) is 52.3. The average molecular weight is 605 g/mol. The number of rotatable bonds is 4. The Labute approximate surface area is 255 Å². The Morgan fingerprint density at radius 1 is 0.682 bits per heavy atom. The fraction of sp³-hybridized carbons (Fsp3) is 0.375. The Bertz CT molecular complexity index is 1590. The minimum absolute atomic E-state index is 0.364. The van der Waals surface area contributed by atoms with E-state index in [1.807, 2.05) is 24.3 Å². The number of aromatic amines is 2. The number of hydrogen-bond acceptors (Lipinski definition) is 6. The third-order valence-corrected chi connectivity index (χ3v) is 8.54. The summed E-state index contributed by atoms with van der Waals surface area (Å²) < 4.78 is 0. The lowest BCUT2D eigenvalue weighted by Crippen LogP contribution is -2.33. The van der Waals surface area contributed by atoms with Crippen molar-refractivity contribution in [2.45, 2.75) is 50.6 Å². The SMILES string of the molecule is CN(C)C1CCc2[nH]c3ccc(C(N)=O)cc3c2C1.CN(C)C1CCc2[nH]c3ccc(C(N)=O)cc3c2C1.O=C(O)C(=O)O. The summed E-state index contributed by atoms with van der Waals surface area (Å²) in [6.07, 6.45) is 6.55. The summed E-state index contributed by atoms with van der Waals surface area (Å²) in [7, 11) is 8.50. The van der Waals surface area contributed by atoms with E-state index in [1.54, 1.807) is 12.1 Å². The van der Waals surface area contributed by atoms with Crippen LogP contribution in [0.3, 0.4) is 0 Å². The second kappa shape index (κ2) is 13.3. The number of aryl methyl sites for hydroxylation is 2. The number of H-pyrrole nitrogens is 2. The minimum atomic E-state index is -1.82. The van der Waals surface area contributed by atoms with Crippen LogP contribution in [-0.2, 0) is 35.3 Å². The fourth-order valence-electron chi connectivity index (χ4n) is 5.99. The topological polar surface area (TPSA) is 199 Å². The maximum Gasteiger partial charge on any atom is 0.414 e. The fourth-order valence-corrected chi connectivity index (χ4v) is 5.99. The molecule has 6 rings (SSSR count). The molecule has 2 aliphatic rings. The number of carbonyl (C=O) groups excluding carboxylic acids is 2. The number of primary amides is 2. The van der Waals surface area contributed by atoms with Gasteiger partial charge in [-0.25, -0.2) is 9.59 Å². The number of carbonyl (C=O) groups is 4. The van der Waals surface area contributed by atoms with Crippen molar-refractivity contribution in [2.24, 2.45) is 11.5 Å². The lowest BCUT2D eigenvalue weighted by Gasteiger charge is -2.28. The molecule has 2 aromatic carbocycles. The second-order valence-electron chi connectivity index (χ2n) is 11.7. The monoisotopic (exact) mass is 604 g/mol. The number of aromatic nitrogens is 2. The van der Waals surface area contributed by atoms with Gasteiger partial charge in [-0.15, -0.1) is 0 Å². The summed E-state index contributed by atoms with van der Waals surface area (Å²) >= 11 is 0. The van der Waals surface area contributed by atoms with Crippen LogP contribution < -0.4 is 11.5 Å². The molecule has 0 fully saturated rings. The molecule has 4 aromatic rings. The van der Waals surface area contributed by atoms with Gasteiger partial charge in [0.05, 0.1) is 0 Å². The number of amides is 2. The molecule has 2 unspecified atom stereocenters. The second-order valence-corrected chi connectivity index (χ2v) is 11.7. The molecule has 44 heavy (non-hydrogen) atoms. The molecule has 8 N–H and O–H groups in total. The molecule has 2 aliphatic carbocycles. The van der Waals surface area contributed by atoms with Crippen LogP contribution in [0.5, 0.6) is 0 Å². The molecular formula is C32H40N6O6. The zero-order valence-electron chi connectivity index (χ0n) is 25.4.